The maximum absolute atomic E-state index is 4.66. The van der Waals surface area contributed by atoms with Gasteiger partial charge in [0.15, 0.2) is 0 Å². The Balaban J connectivity index is 1.90. The molecular weight excluding hydrogens is 290 g/mol. The molecule has 116 valence electrons. The molecule has 24 heavy (non-hydrogen) atoms. The van der Waals surface area contributed by atoms with Gasteiger partial charge in [-0.1, -0.05) is 59.7 Å². The normalized spacial score (nSPS) is 10.9. The number of benzene rings is 3. The van der Waals surface area contributed by atoms with Crippen molar-refractivity contribution in [2.75, 3.05) is 0 Å². The number of fused-ring (bicyclic) bond motifs is 1. The SMILES string of the molecule is Cc1cc(C)cc(-c2nccc3cc(-c4ccccc4)ccc23)c1. The maximum atomic E-state index is 4.66. The third-order valence-corrected chi connectivity index (χ3v) is 4.37. The predicted molar refractivity (Wildman–Crippen MR) is 102 cm³/mol. The summed E-state index contributed by atoms with van der Waals surface area (Å²) in [5.41, 5.74) is 7.25. The van der Waals surface area contributed by atoms with Gasteiger partial charge in [0, 0.05) is 17.1 Å². The van der Waals surface area contributed by atoms with Crippen LogP contribution < -0.4 is 0 Å². The molecule has 4 rings (SSSR count). The summed E-state index contributed by atoms with van der Waals surface area (Å²) < 4.78 is 0. The zero-order valence-corrected chi connectivity index (χ0v) is 14.0. The minimum atomic E-state index is 1.05. The third kappa shape index (κ3) is 2.69. The number of hydrogen-bond acceptors (Lipinski definition) is 1. The van der Waals surface area contributed by atoms with Crippen molar-refractivity contribution in [3.63, 3.8) is 0 Å². The van der Waals surface area contributed by atoms with Gasteiger partial charge < -0.3 is 0 Å². The first-order valence-electron chi connectivity index (χ1n) is 8.23. The summed E-state index contributed by atoms with van der Waals surface area (Å²) in [7, 11) is 0. The van der Waals surface area contributed by atoms with Gasteiger partial charge in [0.1, 0.15) is 0 Å². The summed E-state index contributed by atoms with van der Waals surface area (Å²) in [6, 6.07) is 25.8. The van der Waals surface area contributed by atoms with Gasteiger partial charge in [0.05, 0.1) is 5.69 Å². The van der Waals surface area contributed by atoms with Gasteiger partial charge in [0.25, 0.3) is 0 Å². The molecule has 0 radical (unpaired) electrons. The van der Waals surface area contributed by atoms with Gasteiger partial charge in [0.2, 0.25) is 0 Å². The highest BCUT2D eigenvalue weighted by atomic mass is 14.7. The summed E-state index contributed by atoms with van der Waals surface area (Å²) in [5, 5.41) is 2.42. The van der Waals surface area contributed by atoms with Crippen LogP contribution in [-0.2, 0) is 0 Å². The third-order valence-electron chi connectivity index (χ3n) is 4.37. The van der Waals surface area contributed by atoms with Crippen LogP contribution in [0.4, 0.5) is 0 Å². The second-order valence-corrected chi connectivity index (χ2v) is 6.34. The highest BCUT2D eigenvalue weighted by Gasteiger charge is 2.08. The lowest BCUT2D eigenvalue weighted by Crippen LogP contribution is -1.89. The lowest BCUT2D eigenvalue weighted by molar-refractivity contribution is 1.32. The summed E-state index contributed by atoms with van der Waals surface area (Å²) in [4.78, 5) is 4.66. The van der Waals surface area contributed by atoms with E-state index in [4.69, 9.17) is 0 Å². The molecule has 0 bridgehead atoms. The number of pyridine rings is 1. The van der Waals surface area contributed by atoms with E-state index in [0.717, 1.165) is 5.69 Å². The van der Waals surface area contributed by atoms with E-state index in [1.165, 1.54) is 38.6 Å². The average molecular weight is 309 g/mol. The van der Waals surface area contributed by atoms with Crippen molar-refractivity contribution in [3.05, 3.63) is 90.1 Å². The molecule has 0 aliphatic rings. The van der Waals surface area contributed by atoms with Crippen LogP contribution in [0.25, 0.3) is 33.2 Å². The lowest BCUT2D eigenvalue weighted by Gasteiger charge is -2.10. The molecule has 3 aromatic carbocycles. The van der Waals surface area contributed by atoms with Crippen LogP contribution in [0.2, 0.25) is 0 Å². The van der Waals surface area contributed by atoms with E-state index >= 15 is 0 Å². The Morgan fingerprint density at radius 1 is 0.625 bits per heavy atom. The molecule has 1 heteroatoms. The molecule has 0 aliphatic carbocycles. The summed E-state index contributed by atoms with van der Waals surface area (Å²) >= 11 is 0. The second kappa shape index (κ2) is 5.93. The van der Waals surface area contributed by atoms with Gasteiger partial charge in [-0.05, 0) is 54.6 Å². The van der Waals surface area contributed by atoms with E-state index in [1.807, 2.05) is 12.3 Å². The zero-order chi connectivity index (χ0) is 16.5. The summed E-state index contributed by atoms with van der Waals surface area (Å²) in [6.07, 6.45) is 1.91. The van der Waals surface area contributed by atoms with Gasteiger partial charge in [-0.2, -0.15) is 0 Å². The number of rotatable bonds is 2. The Kier molecular flexibility index (Phi) is 3.62. The first kappa shape index (κ1) is 14.6. The van der Waals surface area contributed by atoms with Crippen LogP contribution in [0.15, 0.2) is 79.0 Å². The van der Waals surface area contributed by atoms with Crippen LogP contribution >= 0.6 is 0 Å². The van der Waals surface area contributed by atoms with Crippen LogP contribution in [0.5, 0.6) is 0 Å². The molecule has 0 aliphatic heterocycles. The number of aryl methyl sites for hydroxylation is 2. The fraction of sp³-hybridized carbons (Fsp3) is 0.0870. The first-order chi connectivity index (χ1) is 11.7. The molecule has 0 N–H and O–H groups in total. The topological polar surface area (TPSA) is 12.9 Å². The fourth-order valence-corrected chi connectivity index (χ4v) is 3.33. The molecule has 1 nitrogen and oxygen atoms in total. The second-order valence-electron chi connectivity index (χ2n) is 6.34. The monoisotopic (exact) mass is 309 g/mol. The van der Waals surface area contributed by atoms with Crippen molar-refractivity contribution in [3.8, 4) is 22.4 Å². The fourth-order valence-electron chi connectivity index (χ4n) is 3.33. The largest absolute Gasteiger partial charge is 0.256 e. The van der Waals surface area contributed by atoms with Crippen molar-refractivity contribution in [1.29, 1.82) is 0 Å². The van der Waals surface area contributed by atoms with Crippen molar-refractivity contribution in [2.24, 2.45) is 0 Å². The maximum Gasteiger partial charge on any atom is 0.0780 e. The minimum absolute atomic E-state index is 1.05. The quantitative estimate of drug-likeness (QED) is 0.430. The Hall–Kier alpha value is -2.93. The van der Waals surface area contributed by atoms with Crippen molar-refractivity contribution in [2.45, 2.75) is 13.8 Å². The Morgan fingerprint density at radius 3 is 2.12 bits per heavy atom. The highest BCUT2D eigenvalue weighted by Crippen LogP contribution is 2.31. The Labute approximate surface area is 142 Å². The minimum Gasteiger partial charge on any atom is -0.256 e. The molecule has 1 aromatic heterocycles. The number of aromatic nitrogens is 1. The van der Waals surface area contributed by atoms with E-state index in [-0.39, 0.29) is 0 Å². The molecule has 0 atom stereocenters. The van der Waals surface area contributed by atoms with Crippen molar-refractivity contribution in [1.82, 2.24) is 4.98 Å². The van der Waals surface area contributed by atoms with Gasteiger partial charge in [-0.25, -0.2) is 0 Å². The molecule has 0 saturated carbocycles. The highest BCUT2D eigenvalue weighted by molar-refractivity contribution is 5.96. The van der Waals surface area contributed by atoms with E-state index < -0.39 is 0 Å². The molecular formula is C23H19N. The molecule has 4 aromatic rings. The van der Waals surface area contributed by atoms with E-state index in [1.54, 1.807) is 0 Å². The lowest BCUT2D eigenvalue weighted by atomic mass is 9.97. The molecule has 0 unspecified atom stereocenters. The summed E-state index contributed by atoms with van der Waals surface area (Å²) in [5.74, 6) is 0. The molecule has 0 amide bonds. The first-order valence-corrected chi connectivity index (χ1v) is 8.23. The van der Waals surface area contributed by atoms with Gasteiger partial charge in [-0.3, -0.25) is 4.98 Å². The van der Waals surface area contributed by atoms with E-state index in [9.17, 15) is 0 Å². The van der Waals surface area contributed by atoms with Crippen LogP contribution in [-0.4, -0.2) is 4.98 Å². The molecule has 0 spiro atoms. The summed E-state index contributed by atoms with van der Waals surface area (Å²) in [6.45, 7) is 4.27. The number of hydrogen-bond donors (Lipinski definition) is 0. The van der Waals surface area contributed by atoms with Crippen LogP contribution in [0.3, 0.4) is 0 Å². The average Bonchev–Trinajstić information content (AvgIpc) is 2.60. The van der Waals surface area contributed by atoms with Gasteiger partial charge >= 0.3 is 0 Å². The standard InChI is InChI=1S/C23H19N/c1-16-12-17(2)14-21(13-16)23-22-9-8-19(15-20(22)10-11-24-23)18-6-4-3-5-7-18/h3-15H,1-2H3. The Bertz CT molecular complexity index is 996. The van der Waals surface area contributed by atoms with E-state index in [0.29, 0.717) is 0 Å². The molecule has 1 heterocycles. The van der Waals surface area contributed by atoms with Crippen molar-refractivity contribution < 1.29 is 0 Å². The van der Waals surface area contributed by atoms with Crippen molar-refractivity contribution >= 4 is 10.8 Å². The number of nitrogens with zero attached hydrogens (tertiary/aromatic N) is 1. The molecule has 0 saturated heterocycles. The Morgan fingerprint density at radius 2 is 1.38 bits per heavy atom. The van der Waals surface area contributed by atoms with E-state index in [2.05, 4.69) is 85.6 Å². The van der Waals surface area contributed by atoms with Crippen LogP contribution in [0, 0.1) is 13.8 Å². The molecule has 0 fully saturated rings. The van der Waals surface area contributed by atoms with Crippen LogP contribution in [0.1, 0.15) is 11.1 Å². The smallest absolute Gasteiger partial charge is 0.0780 e. The zero-order valence-electron chi connectivity index (χ0n) is 14.0. The van der Waals surface area contributed by atoms with Gasteiger partial charge in [-0.15, -0.1) is 0 Å². The predicted octanol–water partition coefficient (Wildman–Crippen LogP) is 6.19.